The Bertz CT molecular complexity index is 1240. The van der Waals surface area contributed by atoms with E-state index in [1.165, 1.54) is 11.3 Å². The van der Waals surface area contributed by atoms with E-state index in [0.29, 0.717) is 0 Å². The number of hydrogen-bond acceptors (Lipinski definition) is 4. The van der Waals surface area contributed by atoms with Crippen LogP contribution in [-0.2, 0) is 21.8 Å². The van der Waals surface area contributed by atoms with Crippen molar-refractivity contribution in [3.63, 3.8) is 0 Å². The van der Waals surface area contributed by atoms with Gasteiger partial charge < -0.3 is 0 Å². The summed E-state index contributed by atoms with van der Waals surface area (Å²) in [5.74, 6) is -0.557. The summed E-state index contributed by atoms with van der Waals surface area (Å²) < 4.78 is 29.8. The third kappa shape index (κ3) is 4.59. The molecule has 158 valence electrons. The van der Waals surface area contributed by atoms with Crippen LogP contribution in [0.1, 0.15) is 16.2 Å². The van der Waals surface area contributed by atoms with E-state index in [1.807, 2.05) is 85.1 Å². The van der Waals surface area contributed by atoms with Crippen LogP contribution in [0.5, 0.6) is 0 Å². The van der Waals surface area contributed by atoms with Gasteiger partial charge in [-0.2, -0.15) is 4.72 Å². The second-order valence-electron chi connectivity index (χ2n) is 7.18. The molecule has 0 spiro atoms. The van der Waals surface area contributed by atoms with Crippen molar-refractivity contribution in [1.82, 2.24) is 4.72 Å². The highest BCUT2D eigenvalue weighted by atomic mass is 32.4. The first-order chi connectivity index (χ1) is 14.9. The van der Waals surface area contributed by atoms with E-state index < -0.39 is 21.8 Å². The highest BCUT2D eigenvalue weighted by Crippen LogP contribution is 2.57. The van der Waals surface area contributed by atoms with E-state index in [0.717, 1.165) is 21.0 Å². The van der Waals surface area contributed by atoms with Gasteiger partial charge in [0, 0.05) is 10.9 Å². The van der Waals surface area contributed by atoms with E-state index in [2.05, 4.69) is 4.72 Å². The summed E-state index contributed by atoms with van der Waals surface area (Å²) in [4.78, 5) is 1.15. The SMILES string of the molecule is Cc1ccc(S(=O)(=O)N[C@H](c2cccs2)P(=S)(c2ccccc2)c2ccccc2)cc1. The summed E-state index contributed by atoms with van der Waals surface area (Å²) >= 11 is 7.95. The topological polar surface area (TPSA) is 46.2 Å². The normalized spacial score (nSPS) is 13.1. The van der Waals surface area contributed by atoms with Gasteiger partial charge in [-0.3, -0.25) is 0 Å². The Morgan fingerprint density at radius 1 is 0.806 bits per heavy atom. The van der Waals surface area contributed by atoms with Gasteiger partial charge in [-0.1, -0.05) is 96.2 Å². The maximum atomic E-state index is 13.4. The fourth-order valence-corrected chi connectivity index (χ4v) is 11.1. The highest BCUT2D eigenvalue weighted by Gasteiger charge is 2.37. The van der Waals surface area contributed by atoms with Crippen LogP contribution < -0.4 is 15.3 Å². The summed E-state index contributed by atoms with van der Waals surface area (Å²) in [5.41, 5.74) is 1.01. The van der Waals surface area contributed by atoms with Crippen LogP contribution in [0.25, 0.3) is 0 Å². The molecule has 1 atom stereocenters. The molecular weight excluding hydrogens is 461 g/mol. The summed E-state index contributed by atoms with van der Waals surface area (Å²) in [7, 11) is -3.78. The van der Waals surface area contributed by atoms with Gasteiger partial charge in [0.15, 0.2) is 0 Å². The number of aryl methyl sites for hydroxylation is 1. The minimum atomic E-state index is -3.78. The fraction of sp³-hybridized carbons (Fsp3) is 0.0833. The van der Waals surface area contributed by atoms with E-state index >= 15 is 0 Å². The maximum absolute atomic E-state index is 13.4. The maximum Gasteiger partial charge on any atom is 0.241 e. The van der Waals surface area contributed by atoms with Gasteiger partial charge in [0.2, 0.25) is 10.0 Å². The number of nitrogens with one attached hydrogen (secondary N) is 1. The standard InChI is InChI=1S/C24H22NO2PS3/c1-19-14-16-22(17-15-19)31(26,27)25-24(23-13-8-18-30-23)28(29,20-9-4-2-5-10-20)21-11-6-3-7-12-21/h2-18,24-25H,1H3/t24-/m0/s1. The Hall–Kier alpha value is -2.08. The lowest BCUT2D eigenvalue weighted by atomic mass is 10.2. The quantitative estimate of drug-likeness (QED) is 0.369. The number of thiophene rings is 1. The second kappa shape index (κ2) is 9.19. The molecule has 0 unspecified atom stereocenters. The Labute approximate surface area is 192 Å². The van der Waals surface area contributed by atoms with Gasteiger partial charge in [-0.25, -0.2) is 8.42 Å². The van der Waals surface area contributed by atoms with Crippen molar-refractivity contribution in [2.24, 2.45) is 0 Å². The van der Waals surface area contributed by atoms with Gasteiger partial charge in [0.1, 0.15) is 0 Å². The Morgan fingerprint density at radius 2 is 1.35 bits per heavy atom. The lowest BCUT2D eigenvalue weighted by Gasteiger charge is -2.32. The van der Waals surface area contributed by atoms with E-state index in [-0.39, 0.29) is 4.90 Å². The molecule has 3 nitrogen and oxygen atoms in total. The van der Waals surface area contributed by atoms with Gasteiger partial charge in [0.05, 0.1) is 10.7 Å². The van der Waals surface area contributed by atoms with Gasteiger partial charge >= 0.3 is 0 Å². The molecule has 4 rings (SSSR count). The molecule has 0 aliphatic carbocycles. The average molecular weight is 484 g/mol. The van der Waals surface area contributed by atoms with E-state index in [9.17, 15) is 8.42 Å². The molecule has 3 aromatic carbocycles. The van der Waals surface area contributed by atoms with Crippen molar-refractivity contribution < 1.29 is 8.42 Å². The molecule has 4 aromatic rings. The zero-order valence-corrected chi connectivity index (χ0v) is 20.2. The molecule has 0 saturated heterocycles. The van der Waals surface area contributed by atoms with Crippen molar-refractivity contribution in [1.29, 1.82) is 0 Å². The Morgan fingerprint density at radius 3 is 1.84 bits per heavy atom. The molecule has 0 fully saturated rings. The smallest absolute Gasteiger partial charge is 0.207 e. The largest absolute Gasteiger partial charge is 0.241 e. The zero-order chi connectivity index (χ0) is 21.9. The van der Waals surface area contributed by atoms with Crippen LogP contribution in [-0.4, -0.2) is 8.42 Å². The molecule has 7 heteroatoms. The molecule has 0 saturated carbocycles. The van der Waals surface area contributed by atoms with Crippen LogP contribution in [0.4, 0.5) is 0 Å². The van der Waals surface area contributed by atoms with Crippen molar-refractivity contribution in [2.75, 3.05) is 0 Å². The third-order valence-electron chi connectivity index (χ3n) is 5.05. The first kappa shape index (κ1) is 22.1. The molecule has 0 amide bonds. The minimum absolute atomic E-state index is 0.238. The number of sulfonamides is 1. The second-order valence-corrected chi connectivity index (χ2v) is 14.5. The highest BCUT2D eigenvalue weighted by molar-refractivity contribution is 8.22. The molecule has 31 heavy (non-hydrogen) atoms. The molecule has 1 N–H and O–H groups in total. The predicted octanol–water partition coefficient (Wildman–Crippen LogP) is 5.16. The fourth-order valence-electron chi connectivity index (χ4n) is 3.44. The van der Waals surface area contributed by atoms with E-state index in [1.54, 1.807) is 24.3 Å². The first-order valence-corrected chi connectivity index (χ1v) is 15.0. The molecule has 0 bridgehead atoms. The molecule has 1 aromatic heterocycles. The predicted molar refractivity (Wildman–Crippen MR) is 135 cm³/mol. The summed E-state index contributed by atoms with van der Waals surface area (Å²) in [6.45, 7) is 1.93. The van der Waals surface area contributed by atoms with Crippen molar-refractivity contribution in [3.8, 4) is 0 Å². The Kier molecular flexibility index (Phi) is 6.56. The first-order valence-electron chi connectivity index (χ1n) is 9.74. The number of hydrogen-bond donors (Lipinski definition) is 1. The van der Waals surface area contributed by atoms with Crippen LogP contribution in [0, 0.1) is 6.92 Å². The Balaban J connectivity index is 1.90. The van der Waals surface area contributed by atoms with Gasteiger partial charge in [0.25, 0.3) is 0 Å². The van der Waals surface area contributed by atoms with Crippen molar-refractivity contribution in [3.05, 3.63) is 113 Å². The summed E-state index contributed by atoms with van der Waals surface area (Å²) in [6.07, 6.45) is 0. The van der Waals surface area contributed by atoms with Gasteiger partial charge in [-0.15, -0.1) is 11.3 Å². The van der Waals surface area contributed by atoms with Crippen LogP contribution in [0.15, 0.2) is 107 Å². The van der Waals surface area contributed by atoms with Gasteiger partial charge in [-0.05, 0) is 41.1 Å². The van der Waals surface area contributed by atoms with Crippen molar-refractivity contribution >= 4 is 49.8 Å². The molecule has 0 aliphatic heterocycles. The molecule has 0 radical (unpaired) electrons. The molecular formula is C24H22NO2PS3. The van der Waals surface area contributed by atoms with Crippen LogP contribution in [0.3, 0.4) is 0 Å². The third-order valence-corrected chi connectivity index (χ3v) is 12.9. The lowest BCUT2D eigenvalue weighted by molar-refractivity contribution is 0.580. The van der Waals surface area contributed by atoms with E-state index in [4.69, 9.17) is 11.8 Å². The summed E-state index contributed by atoms with van der Waals surface area (Å²) in [6, 6.07) is 27.9. The lowest BCUT2D eigenvalue weighted by Crippen LogP contribution is -2.34. The van der Waals surface area contributed by atoms with Crippen LogP contribution in [0.2, 0.25) is 0 Å². The average Bonchev–Trinajstić information content (AvgIpc) is 3.33. The monoisotopic (exact) mass is 483 g/mol. The van der Waals surface area contributed by atoms with Crippen LogP contribution >= 0.6 is 17.4 Å². The zero-order valence-electron chi connectivity index (χ0n) is 16.9. The number of benzene rings is 3. The molecule has 1 heterocycles. The van der Waals surface area contributed by atoms with Crippen molar-refractivity contribution in [2.45, 2.75) is 17.6 Å². The summed E-state index contributed by atoms with van der Waals surface area (Å²) in [5, 5.41) is 3.90. The number of rotatable bonds is 7. The molecule has 0 aliphatic rings. The minimum Gasteiger partial charge on any atom is -0.207 e.